The topological polar surface area (TPSA) is 61.9 Å². The maximum absolute atomic E-state index is 13.4. The standard InChI is InChI=1S/C19H21N3O3S.ClH/c23-26(24)19(13-21-12-14-10-16(21)11-20-14)25-18-9-5-4-8-17(18)22(26)15-6-2-1-3-7-15;/h1-9,14,16,19-20H,10-13H2;1H. The lowest BCUT2D eigenvalue weighted by atomic mass is 10.2. The molecule has 6 nitrogen and oxygen atoms in total. The van der Waals surface area contributed by atoms with Gasteiger partial charge >= 0.3 is 0 Å². The van der Waals surface area contributed by atoms with Gasteiger partial charge in [-0.25, -0.2) is 12.7 Å². The number of hydrogen-bond donors (Lipinski definition) is 1. The number of hydrogen-bond acceptors (Lipinski definition) is 5. The molecule has 144 valence electrons. The third-order valence-electron chi connectivity index (χ3n) is 5.47. The van der Waals surface area contributed by atoms with E-state index in [2.05, 4.69) is 10.2 Å². The molecule has 3 atom stereocenters. The quantitative estimate of drug-likeness (QED) is 0.846. The molecule has 2 bridgehead atoms. The summed E-state index contributed by atoms with van der Waals surface area (Å²) in [7, 11) is -3.69. The van der Waals surface area contributed by atoms with E-state index in [1.807, 2.05) is 48.5 Å². The van der Waals surface area contributed by atoms with Crippen LogP contribution in [-0.2, 0) is 10.0 Å². The number of nitrogens with one attached hydrogen (secondary N) is 1. The zero-order valence-corrected chi connectivity index (χ0v) is 16.3. The molecular weight excluding hydrogens is 386 g/mol. The summed E-state index contributed by atoms with van der Waals surface area (Å²) < 4.78 is 34.3. The van der Waals surface area contributed by atoms with Crippen LogP contribution in [0.3, 0.4) is 0 Å². The highest BCUT2D eigenvalue weighted by atomic mass is 35.5. The van der Waals surface area contributed by atoms with Crippen LogP contribution in [0.1, 0.15) is 6.42 Å². The lowest BCUT2D eigenvalue weighted by Gasteiger charge is -2.38. The van der Waals surface area contributed by atoms with Gasteiger partial charge in [-0.3, -0.25) is 4.90 Å². The minimum atomic E-state index is -3.69. The van der Waals surface area contributed by atoms with Crippen molar-refractivity contribution < 1.29 is 13.2 Å². The van der Waals surface area contributed by atoms with Crippen LogP contribution in [0.25, 0.3) is 0 Å². The Morgan fingerprint density at radius 1 is 1.07 bits per heavy atom. The number of anilines is 2. The summed E-state index contributed by atoms with van der Waals surface area (Å²) in [5.74, 6) is 0.610. The van der Waals surface area contributed by atoms with Gasteiger partial charge in [0.2, 0.25) is 5.44 Å². The van der Waals surface area contributed by atoms with E-state index in [-0.39, 0.29) is 12.4 Å². The third-order valence-corrected chi connectivity index (χ3v) is 7.30. The van der Waals surface area contributed by atoms with Gasteiger partial charge in [-0.15, -0.1) is 12.4 Å². The SMILES string of the molecule is Cl.O=S1(=O)C(CN2CC3CC2CN3)Oc2ccccc2N1c1ccccc1. The first-order chi connectivity index (χ1) is 12.6. The highest BCUT2D eigenvalue weighted by Gasteiger charge is 2.45. The zero-order chi connectivity index (χ0) is 17.7. The molecule has 2 aromatic rings. The molecule has 2 fully saturated rings. The van der Waals surface area contributed by atoms with Crippen LogP contribution in [0.4, 0.5) is 11.4 Å². The molecule has 2 aromatic carbocycles. The van der Waals surface area contributed by atoms with Crippen molar-refractivity contribution >= 4 is 33.8 Å². The highest BCUT2D eigenvalue weighted by molar-refractivity contribution is 7.93. The van der Waals surface area contributed by atoms with E-state index in [0.717, 1.165) is 19.5 Å². The van der Waals surface area contributed by atoms with Crippen LogP contribution in [0.5, 0.6) is 5.75 Å². The Morgan fingerprint density at radius 3 is 2.52 bits per heavy atom. The maximum atomic E-state index is 13.4. The molecule has 3 unspecified atom stereocenters. The Hall–Kier alpha value is -1.80. The average Bonchev–Trinajstić information content (AvgIpc) is 3.26. The maximum Gasteiger partial charge on any atom is 0.279 e. The number of halogens is 1. The third kappa shape index (κ3) is 3.08. The van der Waals surface area contributed by atoms with Crippen LogP contribution >= 0.6 is 12.4 Å². The van der Waals surface area contributed by atoms with E-state index in [1.165, 1.54) is 4.31 Å². The number of ether oxygens (including phenoxy) is 1. The summed E-state index contributed by atoms with van der Waals surface area (Å²) in [5, 5.41) is 3.45. The largest absolute Gasteiger partial charge is 0.469 e. The minimum Gasteiger partial charge on any atom is -0.469 e. The number of para-hydroxylation sites is 3. The van der Waals surface area contributed by atoms with Gasteiger partial charge in [0.05, 0.1) is 17.9 Å². The molecule has 0 radical (unpaired) electrons. The van der Waals surface area contributed by atoms with Crippen LogP contribution in [0.2, 0.25) is 0 Å². The van der Waals surface area contributed by atoms with Gasteiger partial charge in [0.25, 0.3) is 10.0 Å². The number of nitrogens with zero attached hydrogens (tertiary/aromatic N) is 2. The molecule has 0 aromatic heterocycles. The number of fused-ring (bicyclic) bond motifs is 3. The second kappa shape index (κ2) is 6.98. The molecule has 1 N–H and O–H groups in total. The number of likely N-dealkylation sites (tertiary alicyclic amines) is 1. The van der Waals surface area contributed by atoms with E-state index in [4.69, 9.17) is 4.74 Å². The summed E-state index contributed by atoms with van der Waals surface area (Å²) in [5.41, 5.74) is 0.300. The van der Waals surface area contributed by atoms with Crippen molar-refractivity contribution in [1.29, 1.82) is 0 Å². The smallest absolute Gasteiger partial charge is 0.279 e. The van der Waals surface area contributed by atoms with Gasteiger partial charge in [-0.1, -0.05) is 30.3 Å². The Bertz CT molecular complexity index is 925. The number of sulfonamides is 1. The van der Waals surface area contributed by atoms with Crippen LogP contribution in [0.15, 0.2) is 54.6 Å². The molecule has 0 amide bonds. The van der Waals surface area contributed by atoms with Crippen molar-refractivity contribution in [2.45, 2.75) is 23.9 Å². The van der Waals surface area contributed by atoms with E-state index >= 15 is 0 Å². The predicted octanol–water partition coefficient (Wildman–Crippen LogP) is 2.34. The van der Waals surface area contributed by atoms with E-state index in [1.54, 1.807) is 6.07 Å². The van der Waals surface area contributed by atoms with Gasteiger partial charge in [-0.05, 0) is 30.7 Å². The molecule has 0 saturated carbocycles. The Morgan fingerprint density at radius 2 is 1.81 bits per heavy atom. The zero-order valence-electron chi connectivity index (χ0n) is 14.7. The van der Waals surface area contributed by atoms with Crippen molar-refractivity contribution in [3.63, 3.8) is 0 Å². The van der Waals surface area contributed by atoms with Gasteiger partial charge in [0.1, 0.15) is 5.75 Å². The van der Waals surface area contributed by atoms with E-state index in [9.17, 15) is 8.42 Å². The first kappa shape index (κ1) is 18.6. The minimum absolute atomic E-state index is 0. The summed E-state index contributed by atoms with van der Waals surface area (Å²) in [4.78, 5) is 2.25. The van der Waals surface area contributed by atoms with Crippen molar-refractivity contribution in [3.05, 3.63) is 54.6 Å². The normalized spacial score (nSPS) is 28.3. The lowest BCUT2D eigenvalue weighted by molar-refractivity contribution is 0.156. The predicted molar refractivity (Wildman–Crippen MR) is 107 cm³/mol. The van der Waals surface area contributed by atoms with Gasteiger partial charge in [0.15, 0.2) is 0 Å². The fourth-order valence-electron chi connectivity index (χ4n) is 4.22. The highest BCUT2D eigenvalue weighted by Crippen LogP contribution is 2.42. The van der Waals surface area contributed by atoms with Crippen LogP contribution in [-0.4, -0.2) is 50.5 Å². The molecule has 3 aliphatic heterocycles. The average molecular weight is 408 g/mol. The van der Waals surface area contributed by atoms with Crippen molar-refractivity contribution in [1.82, 2.24) is 10.2 Å². The summed E-state index contributed by atoms with van der Waals surface area (Å²) in [6, 6.07) is 17.4. The van der Waals surface area contributed by atoms with E-state index < -0.39 is 15.5 Å². The second-order valence-corrected chi connectivity index (χ2v) is 9.03. The van der Waals surface area contributed by atoms with Crippen molar-refractivity contribution in [2.24, 2.45) is 0 Å². The molecule has 0 aliphatic carbocycles. The molecule has 3 heterocycles. The van der Waals surface area contributed by atoms with Crippen molar-refractivity contribution in [3.8, 4) is 5.75 Å². The van der Waals surface area contributed by atoms with E-state index in [0.29, 0.717) is 35.8 Å². The van der Waals surface area contributed by atoms with Crippen LogP contribution < -0.4 is 14.4 Å². The fourth-order valence-corrected chi connectivity index (χ4v) is 5.91. The van der Waals surface area contributed by atoms with Gasteiger partial charge in [-0.2, -0.15) is 0 Å². The summed E-state index contributed by atoms with van der Waals surface area (Å²) in [6.45, 7) is 2.20. The Kier molecular flexibility index (Phi) is 4.80. The van der Waals surface area contributed by atoms with Crippen LogP contribution in [0, 0.1) is 0 Å². The second-order valence-electron chi connectivity index (χ2n) is 7.11. The first-order valence-corrected chi connectivity index (χ1v) is 10.5. The fraction of sp³-hybridized carbons (Fsp3) is 0.368. The monoisotopic (exact) mass is 407 g/mol. The number of rotatable bonds is 3. The number of benzene rings is 2. The van der Waals surface area contributed by atoms with Crippen molar-refractivity contribution in [2.75, 3.05) is 23.9 Å². The summed E-state index contributed by atoms with van der Waals surface area (Å²) >= 11 is 0. The molecule has 0 spiro atoms. The molecular formula is C19H22ClN3O3S. The summed E-state index contributed by atoms with van der Waals surface area (Å²) in [6.07, 6.45) is 1.09. The molecule has 5 rings (SSSR count). The molecule has 3 aliphatic rings. The molecule has 8 heteroatoms. The lowest BCUT2D eigenvalue weighted by Crippen LogP contribution is -2.52. The van der Waals surface area contributed by atoms with Gasteiger partial charge < -0.3 is 10.1 Å². The first-order valence-electron chi connectivity index (χ1n) is 8.95. The van der Waals surface area contributed by atoms with Gasteiger partial charge in [0, 0.05) is 25.2 Å². The Balaban J connectivity index is 0.00000180. The number of piperazine rings is 1. The molecule has 27 heavy (non-hydrogen) atoms. The Labute approximate surface area is 165 Å². The molecule has 2 saturated heterocycles.